The van der Waals surface area contributed by atoms with Gasteiger partial charge in [-0.1, -0.05) is 6.92 Å². The van der Waals surface area contributed by atoms with E-state index in [0.717, 1.165) is 6.42 Å². The standard InChI is InChI=1S/C6H11O/c1-5-3-4-6(5,2)7/h3,5,7H,4H2,1-2H3/t5-,6?/m0/s1. The molecule has 0 aromatic heterocycles. The Bertz CT molecular complexity index is 76.2. The van der Waals surface area contributed by atoms with Crippen molar-refractivity contribution >= 4 is 0 Å². The fraction of sp³-hybridized carbons (Fsp3) is 0.833. The van der Waals surface area contributed by atoms with Gasteiger partial charge in [-0.25, -0.2) is 0 Å². The van der Waals surface area contributed by atoms with Gasteiger partial charge in [0.1, 0.15) is 0 Å². The number of rotatable bonds is 0. The normalized spacial score (nSPS) is 51.0. The van der Waals surface area contributed by atoms with Gasteiger partial charge in [0.25, 0.3) is 0 Å². The average molecular weight is 99.2 g/mol. The monoisotopic (exact) mass is 99.1 g/mol. The second kappa shape index (κ2) is 1.22. The summed E-state index contributed by atoms with van der Waals surface area (Å²) in [5, 5.41) is 9.15. The zero-order valence-electron chi connectivity index (χ0n) is 4.81. The van der Waals surface area contributed by atoms with Gasteiger partial charge in [0.2, 0.25) is 0 Å². The lowest BCUT2D eigenvalue weighted by atomic mass is 9.72. The number of aliphatic hydroxyl groups is 1. The van der Waals surface area contributed by atoms with E-state index >= 15 is 0 Å². The molecular weight excluding hydrogens is 88.1 g/mol. The Morgan fingerprint density at radius 2 is 2.29 bits per heavy atom. The summed E-state index contributed by atoms with van der Waals surface area (Å²) in [5.41, 5.74) is -0.375. The van der Waals surface area contributed by atoms with Gasteiger partial charge < -0.3 is 5.11 Å². The van der Waals surface area contributed by atoms with Crippen molar-refractivity contribution < 1.29 is 5.11 Å². The molecule has 1 N–H and O–H groups in total. The average Bonchev–Trinajstić information content (AvgIpc) is 1.63. The third kappa shape index (κ3) is 0.653. The Balaban J connectivity index is 2.43. The molecule has 1 radical (unpaired) electrons. The van der Waals surface area contributed by atoms with E-state index in [1.807, 2.05) is 13.8 Å². The van der Waals surface area contributed by atoms with E-state index in [0.29, 0.717) is 5.92 Å². The molecule has 0 heterocycles. The molecule has 0 bridgehead atoms. The topological polar surface area (TPSA) is 20.2 Å². The van der Waals surface area contributed by atoms with Crippen molar-refractivity contribution in [3.63, 3.8) is 0 Å². The second-order valence-corrected chi connectivity index (χ2v) is 2.59. The van der Waals surface area contributed by atoms with Crippen molar-refractivity contribution in [1.29, 1.82) is 0 Å². The molecule has 0 aromatic carbocycles. The summed E-state index contributed by atoms with van der Waals surface area (Å²) in [6, 6.07) is 0. The lowest BCUT2D eigenvalue weighted by molar-refractivity contribution is -0.0302. The minimum absolute atomic E-state index is 0.375. The molecule has 0 saturated heterocycles. The molecule has 1 saturated carbocycles. The van der Waals surface area contributed by atoms with E-state index in [-0.39, 0.29) is 5.60 Å². The molecule has 1 heteroatoms. The zero-order valence-corrected chi connectivity index (χ0v) is 4.81. The highest BCUT2D eigenvalue weighted by Gasteiger charge is 2.37. The molecule has 1 aliphatic carbocycles. The lowest BCUT2D eigenvalue weighted by Crippen LogP contribution is -2.42. The zero-order chi connectivity index (χ0) is 5.49. The van der Waals surface area contributed by atoms with Gasteiger partial charge in [-0.2, -0.15) is 0 Å². The lowest BCUT2D eigenvalue weighted by Gasteiger charge is -2.39. The van der Waals surface area contributed by atoms with Gasteiger partial charge >= 0.3 is 0 Å². The van der Waals surface area contributed by atoms with Crippen molar-refractivity contribution in [3.05, 3.63) is 6.42 Å². The molecule has 1 nitrogen and oxygen atoms in total. The molecule has 1 aliphatic rings. The Labute approximate surface area is 44.4 Å². The van der Waals surface area contributed by atoms with Crippen LogP contribution in [0.3, 0.4) is 0 Å². The predicted molar refractivity (Wildman–Crippen MR) is 28.7 cm³/mol. The fourth-order valence-corrected chi connectivity index (χ4v) is 0.695. The molecule has 0 spiro atoms. The largest absolute Gasteiger partial charge is 0.390 e. The maximum absolute atomic E-state index is 9.15. The van der Waals surface area contributed by atoms with Gasteiger partial charge in [-0.15, -0.1) is 0 Å². The van der Waals surface area contributed by atoms with E-state index in [2.05, 4.69) is 6.42 Å². The first-order valence-corrected chi connectivity index (χ1v) is 2.68. The summed E-state index contributed by atoms with van der Waals surface area (Å²) in [4.78, 5) is 0. The molecule has 1 unspecified atom stereocenters. The third-order valence-corrected chi connectivity index (χ3v) is 1.87. The SMILES string of the molecule is C[C@H]1[CH]CC1(C)O. The van der Waals surface area contributed by atoms with E-state index < -0.39 is 0 Å². The minimum Gasteiger partial charge on any atom is -0.390 e. The van der Waals surface area contributed by atoms with Crippen LogP contribution in [-0.2, 0) is 0 Å². The Hall–Kier alpha value is -0.0400. The quantitative estimate of drug-likeness (QED) is 0.480. The van der Waals surface area contributed by atoms with Crippen LogP contribution in [0.5, 0.6) is 0 Å². The minimum atomic E-state index is -0.375. The molecular formula is C6H11O. The van der Waals surface area contributed by atoms with Crippen molar-refractivity contribution in [3.8, 4) is 0 Å². The third-order valence-electron chi connectivity index (χ3n) is 1.87. The van der Waals surface area contributed by atoms with Crippen LogP contribution in [0.15, 0.2) is 0 Å². The number of hydrogen-bond acceptors (Lipinski definition) is 1. The summed E-state index contributed by atoms with van der Waals surface area (Å²) in [6.07, 6.45) is 2.99. The molecule has 1 rings (SSSR count). The van der Waals surface area contributed by atoms with Crippen molar-refractivity contribution in [1.82, 2.24) is 0 Å². The molecule has 0 aliphatic heterocycles. The van der Waals surface area contributed by atoms with E-state index in [9.17, 15) is 0 Å². The second-order valence-electron chi connectivity index (χ2n) is 2.59. The van der Waals surface area contributed by atoms with Crippen molar-refractivity contribution in [2.75, 3.05) is 0 Å². The van der Waals surface area contributed by atoms with Crippen LogP contribution in [0, 0.1) is 12.3 Å². The first-order chi connectivity index (χ1) is 3.13. The van der Waals surface area contributed by atoms with E-state index in [1.54, 1.807) is 0 Å². The Morgan fingerprint density at radius 1 is 1.86 bits per heavy atom. The van der Waals surface area contributed by atoms with Crippen LogP contribution in [-0.4, -0.2) is 10.7 Å². The maximum Gasteiger partial charge on any atom is 0.0650 e. The van der Waals surface area contributed by atoms with E-state index in [1.165, 1.54) is 0 Å². The first kappa shape index (κ1) is 5.10. The number of hydrogen-bond donors (Lipinski definition) is 1. The fourth-order valence-electron chi connectivity index (χ4n) is 0.695. The van der Waals surface area contributed by atoms with Gasteiger partial charge in [0.05, 0.1) is 5.60 Å². The molecule has 41 valence electrons. The van der Waals surface area contributed by atoms with Gasteiger partial charge in [-0.05, 0) is 25.7 Å². The Morgan fingerprint density at radius 3 is 2.29 bits per heavy atom. The van der Waals surface area contributed by atoms with Crippen LogP contribution < -0.4 is 0 Å². The summed E-state index contributed by atoms with van der Waals surface area (Å²) in [7, 11) is 0. The summed E-state index contributed by atoms with van der Waals surface area (Å²) in [6.45, 7) is 3.90. The molecule has 0 amide bonds. The first-order valence-electron chi connectivity index (χ1n) is 2.68. The molecule has 1 fully saturated rings. The summed E-state index contributed by atoms with van der Waals surface area (Å²) >= 11 is 0. The molecule has 7 heavy (non-hydrogen) atoms. The highest BCUT2D eigenvalue weighted by atomic mass is 16.3. The smallest absolute Gasteiger partial charge is 0.0650 e. The van der Waals surface area contributed by atoms with Crippen LogP contribution in [0.4, 0.5) is 0 Å². The van der Waals surface area contributed by atoms with E-state index in [4.69, 9.17) is 5.11 Å². The summed E-state index contributed by atoms with van der Waals surface area (Å²) < 4.78 is 0. The highest BCUT2D eigenvalue weighted by Crippen LogP contribution is 2.35. The van der Waals surface area contributed by atoms with Crippen LogP contribution in [0.2, 0.25) is 0 Å². The molecule has 2 atom stereocenters. The predicted octanol–water partition coefficient (Wildman–Crippen LogP) is 0.981. The van der Waals surface area contributed by atoms with Crippen molar-refractivity contribution in [2.45, 2.75) is 25.9 Å². The van der Waals surface area contributed by atoms with Gasteiger partial charge in [0, 0.05) is 0 Å². The highest BCUT2D eigenvalue weighted by molar-refractivity contribution is 5.02. The van der Waals surface area contributed by atoms with Gasteiger partial charge in [-0.3, -0.25) is 0 Å². The van der Waals surface area contributed by atoms with Crippen molar-refractivity contribution in [2.24, 2.45) is 5.92 Å². The van der Waals surface area contributed by atoms with Crippen LogP contribution in [0.1, 0.15) is 20.3 Å². The molecule has 0 aromatic rings. The summed E-state index contributed by atoms with van der Waals surface area (Å²) in [5.74, 6) is 0.410. The Kier molecular flexibility index (Phi) is 0.890. The maximum atomic E-state index is 9.15. The van der Waals surface area contributed by atoms with Gasteiger partial charge in [0.15, 0.2) is 0 Å². The van der Waals surface area contributed by atoms with Crippen LogP contribution >= 0.6 is 0 Å². The van der Waals surface area contributed by atoms with Crippen LogP contribution in [0.25, 0.3) is 0 Å².